The fraction of sp³-hybridized carbons (Fsp3) is 0.211. The van der Waals surface area contributed by atoms with Gasteiger partial charge in [-0.05, 0) is 23.1 Å². The molecule has 0 radical (unpaired) electrons. The lowest BCUT2D eigenvalue weighted by Crippen LogP contribution is -2.10. The molecule has 0 unspecified atom stereocenters. The summed E-state index contributed by atoms with van der Waals surface area (Å²) >= 11 is 0. The second-order valence-corrected chi connectivity index (χ2v) is 6.44. The molecule has 22 heavy (non-hydrogen) atoms. The first-order valence-electron chi connectivity index (χ1n) is 7.23. The Balaban J connectivity index is 2.31. The van der Waals surface area contributed by atoms with Crippen molar-refractivity contribution >= 4 is 16.9 Å². The Morgan fingerprint density at radius 3 is 2.32 bits per heavy atom. The number of hydrogen-bond donors (Lipinski definition) is 1. The summed E-state index contributed by atoms with van der Waals surface area (Å²) in [6, 6.07) is 15.1. The van der Waals surface area contributed by atoms with Crippen molar-refractivity contribution in [2.45, 2.75) is 26.2 Å². The van der Waals surface area contributed by atoms with Crippen LogP contribution in [0.15, 0.2) is 52.9 Å². The van der Waals surface area contributed by atoms with Crippen molar-refractivity contribution in [3.8, 4) is 11.3 Å². The van der Waals surface area contributed by atoms with Gasteiger partial charge in [0, 0.05) is 10.9 Å². The minimum Gasteiger partial charge on any atom is -0.478 e. The lowest BCUT2D eigenvalue weighted by atomic mass is 9.86. The molecule has 3 rings (SSSR count). The van der Waals surface area contributed by atoms with Gasteiger partial charge >= 0.3 is 5.97 Å². The summed E-state index contributed by atoms with van der Waals surface area (Å²) in [5.74, 6) is -0.558. The van der Waals surface area contributed by atoms with Gasteiger partial charge in [-0.1, -0.05) is 57.2 Å². The minimum absolute atomic E-state index is 0.0475. The Kier molecular flexibility index (Phi) is 3.28. The number of aromatic carboxylic acids is 1. The molecule has 0 amide bonds. The molecule has 0 aliphatic heterocycles. The maximum Gasteiger partial charge on any atom is 0.340 e. The fourth-order valence-electron chi connectivity index (χ4n) is 2.57. The molecule has 0 aliphatic rings. The minimum atomic E-state index is -0.969. The van der Waals surface area contributed by atoms with E-state index >= 15 is 0 Å². The molecule has 0 spiro atoms. The smallest absolute Gasteiger partial charge is 0.340 e. The molecule has 1 aromatic heterocycles. The monoisotopic (exact) mass is 294 g/mol. The summed E-state index contributed by atoms with van der Waals surface area (Å²) in [6.45, 7) is 6.31. The Hall–Kier alpha value is -2.55. The first kappa shape index (κ1) is 14.4. The number of furan rings is 1. The third-order valence-corrected chi connectivity index (χ3v) is 3.80. The quantitative estimate of drug-likeness (QED) is 0.715. The number of rotatable bonds is 2. The number of carboxylic acid groups (broad SMARTS) is 1. The van der Waals surface area contributed by atoms with Crippen LogP contribution in [0.25, 0.3) is 22.3 Å². The topological polar surface area (TPSA) is 50.4 Å². The summed E-state index contributed by atoms with van der Waals surface area (Å²) in [6.07, 6.45) is 0. The molecule has 3 nitrogen and oxygen atoms in total. The van der Waals surface area contributed by atoms with Crippen LogP contribution >= 0.6 is 0 Å². The van der Waals surface area contributed by atoms with Crippen LogP contribution in [0.1, 0.15) is 36.7 Å². The van der Waals surface area contributed by atoms with E-state index in [1.807, 2.05) is 48.5 Å². The predicted molar refractivity (Wildman–Crippen MR) is 87.3 cm³/mol. The third-order valence-electron chi connectivity index (χ3n) is 3.80. The SMILES string of the molecule is CC(C)(C)c1ccc2oc(-c3ccccc3)c(C(=O)O)c2c1. The van der Waals surface area contributed by atoms with Gasteiger partial charge in [-0.3, -0.25) is 0 Å². The molecule has 1 N–H and O–H groups in total. The normalized spacial score (nSPS) is 11.8. The fourth-order valence-corrected chi connectivity index (χ4v) is 2.57. The van der Waals surface area contributed by atoms with E-state index in [4.69, 9.17) is 4.42 Å². The molecule has 2 aromatic carbocycles. The predicted octanol–water partition coefficient (Wildman–Crippen LogP) is 5.10. The van der Waals surface area contributed by atoms with E-state index in [0.29, 0.717) is 16.7 Å². The molecule has 3 heteroatoms. The average Bonchev–Trinajstić information content (AvgIpc) is 2.85. The summed E-state index contributed by atoms with van der Waals surface area (Å²) in [5.41, 5.74) is 2.64. The maximum absolute atomic E-state index is 11.8. The highest BCUT2D eigenvalue weighted by molar-refractivity contribution is 6.08. The van der Waals surface area contributed by atoms with Gasteiger partial charge in [-0.25, -0.2) is 4.79 Å². The molecule has 0 bridgehead atoms. The van der Waals surface area contributed by atoms with Gasteiger partial charge < -0.3 is 9.52 Å². The molecular weight excluding hydrogens is 276 g/mol. The zero-order valence-corrected chi connectivity index (χ0v) is 12.9. The van der Waals surface area contributed by atoms with Crippen molar-refractivity contribution in [3.63, 3.8) is 0 Å². The van der Waals surface area contributed by atoms with Crippen LogP contribution in [-0.4, -0.2) is 11.1 Å². The highest BCUT2D eigenvalue weighted by atomic mass is 16.4. The van der Waals surface area contributed by atoms with Crippen LogP contribution in [0.3, 0.4) is 0 Å². The van der Waals surface area contributed by atoms with Gasteiger partial charge in [0.25, 0.3) is 0 Å². The zero-order chi connectivity index (χ0) is 15.9. The highest BCUT2D eigenvalue weighted by Gasteiger charge is 2.23. The summed E-state index contributed by atoms with van der Waals surface area (Å²) in [4.78, 5) is 11.8. The van der Waals surface area contributed by atoms with E-state index in [9.17, 15) is 9.90 Å². The number of hydrogen-bond acceptors (Lipinski definition) is 2. The second kappa shape index (κ2) is 5.02. The number of benzene rings is 2. The first-order chi connectivity index (χ1) is 10.4. The number of carbonyl (C=O) groups is 1. The molecule has 0 saturated carbocycles. The third kappa shape index (κ3) is 2.39. The van der Waals surface area contributed by atoms with Crippen molar-refractivity contribution in [1.82, 2.24) is 0 Å². The molecule has 1 heterocycles. The number of fused-ring (bicyclic) bond motifs is 1. The van der Waals surface area contributed by atoms with Crippen LogP contribution in [0.4, 0.5) is 0 Å². The molecule has 0 atom stereocenters. The van der Waals surface area contributed by atoms with Gasteiger partial charge in [0.15, 0.2) is 0 Å². The lowest BCUT2D eigenvalue weighted by molar-refractivity contribution is 0.0699. The molecular formula is C19H18O3. The average molecular weight is 294 g/mol. The van der Waals surface area contributed by atoms with E-state index in [-0.39, 0.29) is 11.0 Å². The summed E-state index contributed by atoms with van der Waals surface area (Å²) in [7, 11) is 0. The summed E-state index contributed by atoms with van der Waals surface area (Å²) < 4.78 is 5.83. The summed E-state index contributed by atoms with van der Waals surface area (Å²) in [5, 5.41) is 10.3. The highest BCUT2D eigenvalue weighted by Crippen LogP contribution is 2.36. The Morgan fingerprint density at radius 2 is 1.73 bits per heavy atom. The maximum atomic E-state index is 11.8. The Morgan fingerprint density at radius 1 is 1.05 bits per heavy atom. The van der Waals surface area contributed by atoms with E-state index in [1.165, 1.54) is 0 Å². The van der Waals surface area contributed by atoms with E-state index in [0.717, 1.165) is 11.1 Å². The van der Waals surface area contributed by atoms with Crippen LogP contribution in [0.5, 0.6) is 0 Å². The lowest BCUT2D eigenvalue weighted by Gasteiger charge is -2.18. The van der Waals surface area contributed by atoms with E-state index < -0.39 is 5.97 Å². The van der Waals surface area contributed by atoms with E-state index in [1.54, 1.807) is 0 Å². The largest absolute Gasteiger partial charge is 0.478 e. The molecule has 0 aliphatic carbocycles. The van der Waals surface area contributed by atoms with Gasteiger partial charge in [0.05, 0.1) is 0 Å². The molecule has 0 fully saturated rings. The van der Waals surface area contributed by atoms with Crippen molar-refractivity contribution < 1.29 is 14.3 Å². The van der Waals surface area contributed by atoms with Gasteiger partial charge in [0.2, 0.25) is 0 Å². The van der Waals surface area contributed by atoms with Crippen LogP contribution in [0.2, 0.25) is 0 Å². The van der Waals surface area contributed by atoms with E-state index in [2.05, 4.69) is 20.8 Å². The standard InChI is InChI=1S/C19H18O3/c1-19(2,3)13-9-10-15-14(11-13)16(18(20)21)17(22-15)12-7-5-4-6-8-12/h4-11H,1-3H3,(H,20,21). The van der Waals surface area contributed by atoms with Gasteiger partial charge in [-0.2, -0.15) is 0 Å². The second-order valence-electron chi connectivity index (χ2n) is 6.44. The molecule has 112 valence electrons. The van der Waals surface area contributed by atoms with Crippen molar-refractivity contribution in [3.05, 3.63) is 59.7 Å². The first-order valence-corrected chi connectivity index (χ1v) is 7.23. The molecule has 0 saturated heterocycles. The van der Waals surface area contributed by atoms with Crippen LogP contribution < -0.4 is 0 Å². The van der Waals surface area contributed by atoms with Crippen LogP contribution in [-0.2, 0) is 5.41 Å². The van der Waals surface area contributed by atoms with Crippen molar-refractivity contribution in [2.75, 3.05) is 0 Å². The zero-order valence-electron chi connectivity index (χ0n) is 12.9. The van der Waals surface area contributed by atoms with Crippen molar-refractivity contribution in [1.29, 1.82) is 0 Å². The Labute approximate surface area is 129 Å². The molecule has 3 aromatic rings. The number of carboxylic acids is 1. The Bertz CT molecular complexity index is 836. The van der Waals surface area contributed by atoms with Crippen molar-refractivity contribution in [2.24, 2.45) is 0 Å². The van der Waals surface area contributed by atoms with Crippen LogP contribution in [0, 0.1) is 0 Å². The van der Waals surface area contributed by atoms with Gasteiger partial charge in [-0.15, -0.1) is 0 Å². The van der Waals surface area contributed by atoms with Gasteiger partial charge in [0.1, 0.15) is 16.9 Å².